The summed E-state index contributed by atoms with van der Waals surface area (Å²) in [6.45, 7) is 1.86. The Morgan fingerprint density at radius 1 is 1.32 bits per heavy atom. The second-order valence-corrected chi connectivity index (χ2v) is 7.36. The lowest BCUT2D eigenvalue weighted by molar-refractivity contribution is -0.132. The van der Waals surface area contributed by atoms with Crippen molar-refractivity contribution in [2.75, 3.05) is 43.7 Å². The molecule has 2 aliphatic rings. The molecule has 0 bridgehead atoms. The quantitative estimate of drug-likeness (QED) is 0.843. The van der Waals surface area contributed by atoms with Crippen molar-refractivity contribution < 1.29 is 14.3 Å². The van der Waals surface area contributed by atoms with Crippen LogP contribution in [-0.4, -0.2) is 66.2 Å². The Hall–Kier alpha value is -1.93. The molecular weight excluding hydrogens is 340 g/mol. The number of anilines is 1. The van der Waals surface area contributed by atoms with E-state index in [1.165, 1.54) is 0 Å². The highest BCUT2D eigenvalue weighted by Gasteiger charge is 2.36. The second-order valence-electron chi connectivity index (χ2n) is 6.29. The van der Waals surface area contributed by atoms with Crippen LogP contribution in [0.3, 0.4) is 0 Å². The number of carbonyl (C=O) groups is 2. The Bertz CT molecular complexity index is 636. The molecular formula is C17H24N4O3S. The first-order valence-corrected chi connectivity index (χ1v) is 9.56. The monoisotopic (exact) mass is 364 g/mol. The number of rotatable bonds is 4. The van der Waals surface area contributed by atoms with Gasteiger partial charge in [-0.2, -0.15) is 0 Å². The Balaban J connectivity index is 1.56. The summed E-state index contributed by atoms with van der Waals surface area (Å²) in [6, 6.07) is 6.55. The van der Waals surface area contributed by atoms with E-state index < -0.39 is 6.04 Å². The molecule has 1 aromatic rings. The third-order valence-corrected chi connectivity index (χ3v) is 5.68. The summed E-state index contributed by atoms with van der Waals surface area (Å²) in [4.78, 5) is 28.5. The summed E-state index contributed by atoms with van der Waals surface area (Å²) in [5.41, 5.74) is 6.82. The molecule has 0 spiro atoms. The fraction of sp³-hybridized carbons (Fsp3) is 0.529. The van der Waals surface area contributed by atoms with Gasteiger partial charge in [0.2, 0.25) is 5.91 Å². The van der Waals surface area contributed by atoms with Gasteiger partial charge in [-0.15, -0.1) is 11.8 Å². The first-order valence-electron chi connectivity index (χ1n) is 8.41. The molecule has 0 aromatic heterocycles. The van der Waals surface area contributed by atoms with Gasteiger partial charge in [0.25, 0.3) is 0 Å². The lowest BCUT2D eigenvalue weighted by atomic mass is 9.99. The van der Waals surface area contributed by atoms with E-state index in [9.17, 15) is 9.59 Å². The van der Waals surface area contributed by atoms with Crippen molar-refractivity contribution in [3.05, 3.63) is 24.3 Å². The standard InChI is InChI=1S/C17H24N4O3S/c1-24-14-5-3-2-4-13(14)19-17(23)20-7-6-12(10-20)15(18)16(22)21-8-9-25-11-21/h2-5,12,15H,6-11,18H2,1H3,(H,19,23). The van der Waals surface area contributed by atoms with E-state index in [1.54, 1.807) is 35.9 Å². The number of hydrogen-bond donors (Lipinski definition) is 2. The average Bonchev–Trinajstić information content (AvgIpc) is 3.32. The number of thioether (sulfide) groups is 1. The molecule has 2 unspecified atom stereocenters. The van der Waals surface area contributed by atoms with Gasteiger partial charge in [-0.05, 0) is 18.6 Å². The first kappa shape index (κ1) is 17.9. The van der Waals surface area contributed by atoms with Crippen LogP contribution < -0.4 is 15.8 Å². The molecule has 2 fully saturated rings. The van der Waals surface area contributed by atoms with Crippen molar-refractivity contribution in [1.82, 2.24) is 9.80 Å². The Morgan fingerprint density at radius 2 is 2.12 bits per heavy atom. The van der Waals surface area contributed by atoms with Crippen molar-refractivity contribution in [1.29, 1.82) is 0 Å². The summed E-state index contributed by atoms with van der Waals surface area (Å²) in [5, 5.41) is 2.87. The van der Waals surface area contributed by atoms with Crippen molar-refractivity contribution in [3.63, 3.8) is 0 Å². The summed E-state index contributed by atoms with van der Waals surface area (Å²) >= 11 is 1.74. The minimum absolute atomic E-state index is 0.00141. The number of para-hydroxylation sites is 2. The van der Waals surface area contributed by atoms with Crippen LogP contribution in [0, 0.1) is 5.92 Å². The maximum absolute atomic E-state index is 12.5. The highest BCUT2D eigenvalue weighted by atomic mass is 32.2. The van der Waals surface area contributed by atoms with Crippen LogP contribution in [0.2, 0.25) is 0 Å². The molecule has 2 atom stereocenters. The van der Waals surface area contributed by atoms with Gasteiger partial charge in [0.1, 0.15) is 5.75 Å². The first-order chi connectivity index (χ1) is 12.1. The average molecular weight is 364 g/mol. The van der Waals surface area contributed by atoms with Gasteiger partial charge in [0, 0.05) is 31.3 Å². The normalized spacial score (nSPS) is 21.3. The zero-order chi connectivity index (χ0) is 17.8. The summed E-state index contributed by atoms with van der Waals surface area (Å²) in [6.07, 6.45) is 0.743. The third-order valence-electron chi connectivity index (χ3n) is 4.72. The summed E-state index contributed by atoms with van der Waals surface area (Å²) < 4.78 is 5.25. The number of nitrogens with two attached hydrogens (primary N) is 1. The maximum Gasteiger partial charge on any atom is 0.321 e. The molecule has 3 amide bonds. The third kappa shape index (κ3) is 4.01. The molecule has 8 heteroatoms. The molecule has 3 rings (SSSR count). The fourth-order valence-corrected chi connectivity index (χ4v) is 4.16. The molecule has 7 nitrogen and oxygen atoms in total. The summed E-state index contributed by atoms with van der Waals surface area (Å²) in [5.74, 6) is 2.31. The number of nitrogens with one attached hydrogen (secondary N) is 1. The van der Waals surface area contributed by atoms with E-state index in [4.69, 9.17) is 10.5 Å². The van der Waals surface area contributed by atoms with Crippen molar-refractivity contribution in [2.45, 2.75) is 12.5 Å². The Labute approximate surface area is 151 Å². The Morgan fingerprint density at radius 3 is 2.84 bits per heavy atom. The molecule has 1 aromatic carbocycles. The van der Waals surface area contributed by atoms with E-state index in [0.29, 0.717) is 24.5 Å². The molecule has 2 aliphatic heterocycles. The van der Waals surface area contributed by atoms with Gasteiger partial charge in [0.05, 0.1) is 24.7 Å². The van der Waals surface area contributed by atoms with E-state index in [2.05, 4.69) is 5.32 Å². The molecule has 3 N–H and O–H groups in total. The van der Waals surface area contributed by atoms with Crippen LogP contribution in [-0.2, 0) is 4.79 Å². The molecule has 0 aliphatic carbocycles. The van der Waals surface area contributed by atoms with Gasteiger partial charge in [-0.25, -0.2) is 4.79 Å². The molecule has 25 heavy (non-hydrogen) atoms. The second kappa shape index (κ2) is 7.97. The van der Waals surface area contributed by atoms with Crippen LogP contribution >= 0.6 is 11.8 Å². The lowest BCUT2D eigenvalue weighted by Crippen LogP contribution is -2.47. The van der Waals surface area contributed by atoms with Crippen LogP contribution in [0.15, 0.2) is 24.3 Å². The van der Waals surface area contributed by atoms with Gasteiger partial charge in [-0.1, -0.05) is 12.1 Å². The number of carbonyl (C=O) groups excluding carboxylic acids is 2. The summed E-state index contributed by atoms with van der Waals surface area (Å²) in [7, 11) is 1.57. The predicted molar refractivity (Wildman–Crippen MR) is 98.7 cm³/mol. The SMILES string of the molecule is COc1ccccc1NC(=O)N1CCC(C(N)C(=O)N2CCSC2)C1. The largest absolute Gasteiger partial charge is 0.495 e. The molecule has 2 heterocycles. The van der Waals surface area contributed by atoms with Crippen LogP contribution in [0.4, 0.5) is 10.5 Å². The molecule has 136 valence electrons. The van der Waals surface area contributed by atoms with Gasteiger partial charge in [-0.3, -0.25) is 4.79 Å². The molecule has 0 saturated carbocycles. The van der Waals surface area contributed by atoms with Crippen LogP contribution in [0.25, 0.3) is 0 Å². The number of methoxy groups -OCH3 is 1. The number of likely N-dealkylation sites (tertiary alicyclic amines) is 1. The molecule has 2 saturated heterocycles. The number of urea groups is 1. The number of amides is 3. The van der Waals surface area contributed by atoms with Gasteiger partial charge >= 0.3 is 6.03 Å². The highest BCUT2D eigenvalue weighted by molar-refractivity contribution is 7.99. The van der Waals surface area contributed by atoms with E-state index in [-0.39, 0.29) is 17.9 Å². The topological polar surface area (TPSA) is 87.9 Å². The maximum atomic E-state index is 12.5. The molecule has 0 radical (unpaired) electrons. The Kier molecular flexibility index (Phi) is 5.70. The predicted octanol–water partition coefficient (Wildman–Crippen LogP) is 1.41. The minimum atomic E-state index is -0.539. The highest BCUT2D eigenvalue weighted by Crippen LogP contribution is 2.26. The number of benzene rings is 1. The van der Waals surface area contributed by atoms with Crippen molar-refractivity contribution >= 4 is 29.4 Å². The number of ether oxygens (including phenoxy) is 1. The van der Waals surface area contributed by atoms with Crippen LogP contribution in [0.1, 0.15) is 6.42 Å². The number of hydrogen-bond acceptors (Lipinski definition) is 5. The zero-order valence-corrected chi connectivity index (χ0v) is 15.1. The van der Waals surface area contributed by atoms with Gasteiger partial charge < -0.3 is 25.6 Å². The van der Waals surface area contributed by atoms with Crippen molar-refractivity contribution in [2.24, 2.45) is 11.7 Å². The lowest BCUT2D eigenvalue weighted by Gasteiger charge is -2.24. The van der Waals surface area contributed by atoms with E-state index in [1.807, 2.05) is 17.0 Å². The van der Waals surface area contributed by atoms with Gasteiger partial charge in [0.15, 0.2) is 0 Å². The fourth-order valence-electron chi connectivity index (χ4n) is 3.21. The smallest absolute Gasteiger partial charge is 0.321 e. The van der Waals surface area contributed by atoms with Crippen molar-refractivity contribution in [3.8, 4) is 5.75 Å². The van der Waals surface area contributed by atoms with Crippen LogP contribution in [0.5, 0.6) is 5.75 Å². The van der Waals surface area contributed by atoms with E-state index in [0.717, 1.165) is 24.6 Å². The minimum Gasteiger partial charge on any atom is -0.495 e. The number of nitrogens with zero attached hydrogens (tertiary/aromatic N) is 2. The van der Waals surface area contributed by atoms with E-state index >= 15 is 0 Å². The zero-order valence-electron chi connectivity index (χ0n) is 14.3.